The Morgan fingerprint density at radius 3 is 2.22 bits per heavy atom. The highest BCUT2D eigenvalue weighted by Gasteiger charge is 2.49. The lowest BCUT2D eigenvalue weighted by Gasteiger charge is -2.49. The number of halogens is 2. The van der Waals surface area contributed by atoms with E-state index in [1.54, 1.807) is 69.3 Å². The van der Waals surface area contributed by atoms with E-state index in [0.29, 0.717) is 27.6 Å². The molecule has 7 nitrogen and oxygen atoms in total. The van der Waals surface area contributed by atoms with Crippen LogP contribution in [0.2, 0.25) is 10.0 Å². The summed E-state index contributed by atoms with van der Waals surface area (Å²) in [5, 5.41) is 8.91. The fourth-order valence-corrected chi connectivity index (χ4v) is 6.71. The lowest BCUT2D eigenvalue weighted by molar-refractivity contribution is -0.183. The predicted octanol–water partition coefficient (Wildman–Crippen LogP) is 5.47. The quantitative estimate of drug-likeness (QED) is 0.440. The molecular weight excluding hydrogens is 525 g/mol. The van der Waals surface area contributed by atoms with E-state index < -0.39 is 62.9 Å². The van der Waals surface area contributed by atoms with Gasteiger partial charge in [0.2, 0.25) is 0 Å². The minimum absolute atomic E-state index is 0.338. The van der Waals surface area contributed by atoms with Crippen LogP contribution >= 0.6 is 23.2 Å². The lowest BCUT2D eigenvalue weighted by Crippen LogP contribution is -2.59. The summed E-state index contributed by atoms with van der Waals surface area (Å²) < 4.78 is 32.6. The molecule has 3 rings (SSSR count). The Balaban J connectivity index is 2.25. The SMILES string of the molecule is CC[C@@H]([C@@H](C)S(=O)(=O)C(C)C)N1C(=O)[C@H](CC(=O)O)O[C@H](c2cccc(Cl)c2)[C@H]1c1ccc(Cl)cc1. The number of amides is 1. The van der Waals surface area contributed by atoms with Crippen LogP contribution in [0.4, 0.5) is 0 Å². The summed E-state index contributed by atoms with van der Waals surface area (Å²) in [6, 6.07) is 12.4. The summed E-state index contributed by atoms with van der Waals surface area (Å²) >= 11 is 12.4. The van der Waals surface area contributed by atoms with Crippen LogP contribution in [-0.4, -0.2) is 52.9 Å². The van der Waals surface area contributed by atoms with Crippen molar-refractivity contribution < 1.29 is 27.9 Å². The number of morpholine rings is 1. The zero-order chi connectivity index (χ0) is 26.8. The number of carbonyl (C=O) groups is 2. The highest BCUT2D eigenvalue weighted by Crippen LogP contribution is 2.45. The zero-order valence-corrected chi connectivity index (χ0v) is 22.9. The van der Waals surface area contributed by atoms with Crippen molar-refractivity contribution in [1.82, 2.24) is 4.90 Å². The van der Waals surface area contributed by atoms with Gasteiger partial charge in [-0.05, 0) is 62.6 Å². The third kappa shape index (κ3) is 5.88. The van der Waals surface area contributed by atoms with Crippen LogP contribution in [0.1, 0.15) is 63.8 Å². The molecule has 1 saturated heterocycles. The van der Waals surface area contributed by atoms with E-state index in [9.17, 15) is 23.1 Å². The molecule has 0 unspecified atom stereocenters. The highest BCUT2D eigenvalue weighted by atomic mass is 35.5. The molecule has 5 atom stereocenters. The van der Waals surface area contributed by atoms with Gasteiger partial charge >= 0.3 is 5.97 Å². The van der Waals surface area contributed by atoms with Gasteiger partial charge in [0, 0.05) is 16.1 Å². The fraction of sp³-hybridized carbons (Fsp3) is 0.462. The summed E-state index contributed by atoms with van der Waals surface area (Å²) in [4.78, 5) is 27.0. The lowest BCUT2D eigenvalue weighted by atomic mass is 9.89. The van der Waals surface area contributed by atoms with Crippen LogP contribution in [0, 0.1) is 0 Å². The van der Waals surface area contributed by atoms with Gasteiger partial charge in [-0.3, -0.25) is 9.59 Å². The summed E-state index contributed by atoms with van der Waals surface area (Å²) in [5.74, 6) is -1.76. The minimum Gasteiger partial charge on any atom is -0.481 e. The molecule has 0 bridgehead atoms. The molecule has 36 heavy (non-hydrogen) atoms. The first-order chi connectivity index (χ1) is 16.9. The number of ether oxygens (including phenoxy) is 1. The Hall–Kier alpha value is -2.13. The van der Waals surface area contributed by atoms with Gasteiger partial charge in [-0.2, -0.15) is 0 Å². The van der Waals surface area contributed by atoms with E-state index in [0.717, 1.165) is 0 Å². The molecule has 1 heterocycles. The number of carbonyl (C=O) groups excluding carboxylic acids is 1. The van der Waals surface area contributed by atoms with Crippen molar-refractivity contribution in [3.63, 3.8) is 0 Å². The second-order valence-corrected chi connectivity index (χ2v) is 13.0. The highest BCUT2D eigenvalue weighted by molar-refractivity contribution is 7.92. The van der Waals surface area contributed by atoms with E-state index in [4.69, 9.17) is 27.9 Å². The number of hydrogen-bond acceptors (Lipinski definition) is 5. The van der Waals surface area contributed by atoms with E-state index in [-0.39, 0.29) is 0 Å². The molecule has 0 radical (unpaired) electrons. The van der Waals surface area contributed by atoms with Crippen molar-refractivity contribution >= 4 is 44.9 Å². The van der Waals surface area contributed by atoms with Crippen molar-refractivity contribution in [2.75, 3.05) is 0 Å². The molecule has 1 N–H and O–H groups in total. The van der Waals surface area contributed by atoms with Gasteiger partial charge in [-0.15, -0.1) is 0 Å². The van der Waals surface area contributed by atoms with Crippen LogP contribution in [0.3, 0.4) is 0 Å². The van der Waals surface area contributed by atoms with Gasteiger partial charge in [0.25, 0.3) is 5.91 Å². The topological polar surface area (TPSA) is 101 Å². The number of sulfone groups is 1. The normalized spacial score (nSPS) is 22.5. The Morgan fingerprint density at radius 2 is 1.69 bits per heavy atom. The molecule has 1 amide bonds. The largest absolute Gasteiger partial charge is 0.481 e. The van der Waals surface area contributed by atoms with Crippen molar-refractivity contribution in [2.45, 2.75) is 75.3 Å². The Labute approximate surface area is 222 Å². The van der Waals surface area contributed by atoms with Crippen LogP contribution in [0.25, 0.3) is 0 Å². The number of hydrogen-bond donors (Lipinski definition) is 1. The van der Waals surface area contributed by atoms with Crippen molar-refractivity contribution in [3.8, 4) is 0 Å². The Kier molecular flexibility index (Phi) is 9.09. The van der Waals surface area contributed by atoms with E-state index >= 15 is 0 Å². The number of rotatable bonds is 9. The van der Waals surface area contributed by atoms with Crippen molar-refractivity contribution in [1.29, 1.82) is 0 Å². The monoisotopic (exact) mass is 555 g/mol. The van der Waals surface area contributed by atoms with E-state index in [1.807, 2.05) is 6.92 Å². The molecule has 0 aliphatic carbocycles. The van der Waals surface area contributed by atoms with E-state index in [2.05, 4.69) is 0 Å². The summed E-state index contributed by atoms with van der Waals surface area (Å²) in [6.07, 6.45) is -2.31. The van der Waals surface area contributed by atoms with Gasteiger partial charge in [0.15, 0.2) is 9.84 Å². The standard InChI is InChI=1S/C26H31Cl2NO6S/c1-5-21(16(4)36(33,34)15(2)3)29-24(17-9-11-19(27)12-10-17)25(18-7-6-8-20(28)13-18)35-22(26(29)32)14-23(30)31/h6-13,15-16,21-22,24-25H,5,14H2,1-4H3,(H,30,31)/t16-,21+,22+,24-,25-/m1/s1. The van der Waals surface area contributed by atoms with Gasteiger partial charge in [-0.1, -0.05) is 54.4 Å². The second-order valence-electron chi connectivity index (χ2n) is 9.26. The molecule has 2 aromatic rings. The minimum atomic E-state index is -3.60. The molecule has 1 aliphatic rings. The first-order valence-corrected chi connectivity index (χ1v) is 14.2. The van der Waals surface area contributed by atoms with Gasteiger partial charge in [0.1, 0.15) is 12.2 Å². The van der Waals surface area contributed by atoms with Crippen molar-refractivity contribution in [3.05, 3.63) is 69.7 Å². The molecule has 0 aromatic heterocycles. The van der Waals surface area contributed by atoms with E-state index in [1.165, 1.54) is 4.90 Å². The molecule has 196 valence electrons. The van der Waals surface area contributed by atoms with Gasteiger partial charge in [-0.25, -0.2) is 8.42 Å². The third-order valence-electron chi connectivity index (χ3n) is 6.67. The Bertz CT molecular complexity index is 1200. The molecular formula is C26H31Cl2NO6S. The number of benzene rings is 2. The zero-order valence-electron chi connectivity index (χ0n) is 20.6. The molecule has 1 aliphatic heterocycles. The number of nitrogens with zero attached hydrogens (tertiary/aromatic N) is 1. The first-order valence-electron chi connectivity index (χ1n) is 11.8. The molecule has 0 spiro atoms. The average Bonchev–Trinajstić information content (AvgIpc) is 2.81. The fourth-order valence-electron chi connectivity index (χ4n) is 4.77. The summed E-state index contributed by atoms with van der Waals surface area (Å²) in [7, 11) is -3.60. The maximum Gasteiger partial charge on any atom is 0.306 e. The second kappa shape index (κ2) is 11.5. The van der Waals surface area contributed by atoms with Crippen LogP contribution in [-0.2, 0) is 24.2 Å². The number of carboxylic acids is 1. The average molecular weight is 557 g/mol. The van der Waals surface area contributed by atoms with Crippen molar-refractivity contribution in [2.24, 2.45) is 0 Å². The molecule has 2 aromatic carbocycles. The number of aliphatic carboxylic acids is 1. The molecule has 0 saturated carbocycles. The Morgan fingerprint density at radius 1 is 1.06 bits per heavy atom. The maximum absolute atomic E-state index is 13.8. The smallest absolute Gasteiger partial charge is 0.306 e. The summed E-state index contributed by atoms with van der Waals surface area (Å²) in [6.45, 7) is 6.64. The van der Waals surface area contributed by atoms with Gasteiger partial charge < -0.3 is 14.7 Å². The number of carboxylic acid groups (broad SMARTS) is 1. The first kappa shape index (κ1) is 28.4. The van der Waals surface area contributed by atoms with Crippen LogP contribution in [0.15, 0.2) is 48.5 Å². The summed E-state index contributed by atoms with van der Waals surface area (Å²) in [5.41, 5.74) is 1.32. The molecule has 1 fully saturated rings. The maximum atomic E-state index is 13.8. The third-order valence-corrected chi connectivity index (χ3v) is 9.82. The van der Waals surface area contributed by atoms with Crippen LogP contribution < -0.4 is 0 Å². The molecule has 10 heteroatoms. The van der Waals surface area contributed by atoms with Crippen LogP contribution in [0.5, 0.6) is 0 Å². The van der Waals surface area contributed by atoms with Gasteiger partial charge in [0.05, 0.1) is 23.0 Å². The predicted molar refractivity (Wildman–Crippen MR) is 140 cm³/mol.